The van der Waals surface area contributed by atoms with Gasteiger partial charge in [0.1, 0.15) is 0 Å². The smallest absolute Gasteiger partial charge is 0.0300 e. The molecule has 0 nitrogen and oxygen atoms in total. The van der Waals surface area contributed by atoms with E-state index in [-0.39, 0.29) is 0 Å². The van der Waals surface area contributed by atoms with Crippen molar-refractivity contribution in [2.75, 3.05) is 0 Å². The van der Waals surface area contributed by atoms with Crippen molar-refractivity contribution in [1.82, 2.24) is 0 Å². The predicted molar refractivity (Wildman–Crippen MR) is 71.8 cm³/mol. The van der Waals surface area contributed by atoms with Crippen molar-refractivity contribution in [1.29, 1.82) is 0 Å². The Kier molecular flexibility index (Phi) is 3.23. The fourth-order valence-corrected chi connectivity index (χ4v) is 5.05. The topological polar surface area (TPSA) is 0 Å². The minimum Gasteiger partial charge on any atom is -0.150 e. The van der Waals surface area contributed by atoms with Gasteiger partial charge in [0.25, 0.3) is 0 Å². The van der Waals surface area contributed by atoms with Gasteiger partial charge in [-0.15, -0.1) is 0 Å². The quantitative estimate of drug-likeness (QED) is 0.669. The molecule has 0 N–H and O–H groups in total. The minimum atomic E-state index is 0.778. The average Bonchev–Trinajstić information content (AvgIpc) is 2.39. The molecule has 16 heavy (non-hydrogen) atoms. The van der Waals surface area contributed by atoms with Crippen LogP contribution in [0.5, 0.6) is 0 Å². The van der Waals surface area contributed by atoms with Gasteiger partial charge in [-0.25, -0.2) is 0 Å². The molecular weight excluding hydrogens is 212 g/mol. The fourth-order valence-electron chi connectivity index (χ4n) is 3.24. The summed E-state index contributed by atoms with van der Waals surface area (Å²) in [6.45, 7) is 0. The van der Waals surface area contributed by atoms with E-state index in [2.05, 4.69) is 42.1 Å². The molecule has 1 saturated carbocycles. The lowest BCUT2D eigenvalue weighted by molar-refractivity contribution is 0.330. The fraction of sp³-hybridized carbons (Fsp3) is 0.600. The van der Waals surface area contributed by atoms with Crippen LogP contribution in [-0.4, -0.2) is 5.25 Å². The van der Waals surface area contributed by atoms with E-state index in [4.69, 9.17) is 0 Å². The molecule has 2 aliphatic rings. The van der Waals surface area contributed by atoms with Crippen LogP contribution >= 0.6 is 11.8 Å². The van der Waals surface area contributed by atoms with Crippen molar-refractivity contribution in [3.63, 3.8) is 0 Å². The summed E-state index contributed by atoms with van der Waals surface area (Å²) in [6, 6.07) is 11.1. The molecule has 1 aliphatic carbocycles. The molecule has 0 amide bonds. The number of thioether (sulfide) groups is 1. The lowest BCUT2D eigenvalue weighted by Gasteiger charge is -2.39. The summed E-state index contributed by atoms with van der Waals surface area (Å²) < 4.78 is 0. The van der Waals surface area contributed by atoms with Crippen molar-refractivity contribution in [2.45, 2.75) is 49.0 Å². The van der Waals surface area contributed by atoms with Crippen molar-refractivity contribution >= 4 is 11.8 Å². The molecule has 0 radical (unpaired) electrons. The molecule has 0 unspecified atom stereocenters. The van der Waals surface area contributed by atoms with Crippen LogP contribution in [0.3, 0.4) is 0 Å². The van der Waals surface area contributed by atoms with Crippen molar-refractivity contribution in [3.8, 4) is 0 Å². The molecular formula is C15H20S. The van der Waals surface area contributed by atoms with Crippen LogP contribution in [0.4, 0.5) is 0 Å². The highest BCUT2D eigenvalue weighted by Gasteiger charge is 2.33. The monoisotopic (exact) mass is 232 g/mol. The second-order valence-electron chi connectivity index (χ2n) is 5.20. The van der Waals surface area contributed by atoms with Crippen LogP contribution in [0.25, 0.3) is 0 Å². The molecule has 1 heteroatoms. The number of hydrogen-bond donors (Lipinski definition) is 0. The van der Waals surface area contributed by atoms with E-state index < -0.39 is 0 Å². The molecule has 1 aliphatic heterocycles. The van der Waals surface area contributed by atoms with Crippen LogP contribution in [0.1, 0.15) is 49.3 Å². The van der Waals surface area contributed by atoms with E-state index in [9.17, 15) is 0 Å². The normalized spacial score (nSPS) is 34.4. The summed E-state index contributed by atoms with van der Waals surface area (Å²) in [5.41, 5.74) is 1.55. The third-order valence-electron chi connectivity index (χ3n) is 4.15. The van der Waals surface area contributed by atoms with E-state index >= 15 is 0 Å². The summed E-state index contributed by atoms with van der Waals surface area (Å²) in [7, 11) is 0. The highest BCUT2D eigenvalue weighted by molar-refractivity contribution is 8.00. The molecule has 3 atom stereocenters. The Morgan fingerprint density at radius 1 is 0.875 bits per heavy atom. The zero-order valence-electron chi connectivity index (χ0n) is 9.77. The zero-order valence-corrected chi connectivity index (χ0v) is 10.6. The standard InChI is InChI=1S/C15H20S/c1-2-6-12(7-3-1)15-11-10-13-8-4-5-9-14(13)16-15/h1-3,6-7,13-15H,4-5,8-11H2/t13-,14+,15+/m1/s1. The Morgan fingerprint density at radius 3 is 2.56 bits per heavy atom. The highest BCUT2D eigenvalue weighted by Crippen LogP contribution is 2.49. The van der Waals surface area contributed by atoms with Gasteiger partial charge in [-0.05, 0) is 37.2 Å². The summed E-state index contributed by atoms with van der Waals surface area (Å²) in [5.74, 6) is 1.04. The van der Waals surface area contributed by atoms with Gasteiger partial charge in [0.2, 0.25) is 0 Å². The maximum atomic E-state index is 2.31. The third kappa shape index (κ3) is 2.15. The molecule has 1 aromatic carbocycles. The molecule has 0 bridgehead atoms. The Morgan fingerprint density at radius 2 is 1.69 bits per heavy atom. The van der Waals surface area contributed by atoms with Crippen LogP contribution in [0.2, 0.25) is 0 Å². The summed E-state index contributed by atoms with van der Waals surface area (Å²) in [4.78, 5) is 0. The van der Waals surface area contributed by atoms with Crippen molar-refractivity contribution < 1.29 is 0 Å². The van der Waals surface area contributed by atoms with Gasteiger partial charge >= 0.3 is 0 Å². The summed E-state index contributed by atoms with van der Waals surface area (Å²) in [6.07, 6.45) is 8.79. The first-order chi connectivity index (χ1) is 7.93. The number of rotatable bonds is 1. The maximum absolute atomic E-state index is 2.31. The molecule has 3 rings (SSSR count). The Bertz CT molecular complexity index is 333. The van der Waals surface area contributed by atoms with E-state index in [0.717, 1.165) is 16.4 Å². The van der Waals surface area contributed by atoms with Crippen LogP contribution < -0.4 is 0 Å². The molecule has 86 valence electrons. The SMILES string of the molecule is c1ccc([C@@H]2CC[C@H]3CCCC[C@@H]3S2)cc1. The Balaban J connectivity index is 1.71. The second-order valence-corrected chi connectivity index (χ2v) is 6.64. The zero-order chi connectivity index (χ0) is 10.8. The summed E-state index contributed by atoms with van der Waals surface area (Å²) in [5, 5.41) is 1.74. The molecule has 1 saturated heterocycles. The molecule has 0 aromatic heterocycles. The Labute approximate surface area is 103 Å². The first-order valence-corrected chi connectivity index (χ1v) is 7.58. The van der Waals surface area contributed by atoms with Crippen molar-refractivity contribution in [2.24, 2.45) is 5.92 Å². The maximum Gasteiger partial charge on any atom is 0.0300 e. The van der Waals surface area contributed by atoms with E-state index in [0.29, 0.717) is 0 Å². The number of benzene rings is 1. The molecule has 2 fully saturated rings. The first-order valence-electron chi connectivity index (χ1n) is 6.64. The van der Waals surface area contributed by atoms with Crippen LogP contribution in [0.15, 0.2) is 30.3 Å². The lowest BCUT2D eigenvalue weighted by atomic mass is 9.84. The Hall–Kier alpha value is -0.430. The van der Waals surface area contributed by atoms with Gasteiger partial charge < -0.3 is 0 Å². The largest absolute Gasteiger partial charge is 0.150 e. The van der Waals surface area contributed by atoms with Gasteiger partial charge in [0, 0.05) is 10.5 Å². The van der Waals surface area contributed by atoms with Crippen LogP contribution in [0, 0.1) is 5.92 Å². The van der Waals surface area contributed by atoms with E-state index in [1.807, 2.05) is 0 Å². The average molecular weight is 232 g/mol. The van der Waals surface area contributed by atoms with E-state index in [1.54, 1.807) is 5.56 Å². The van der Waals surface area contributed by atoms with Crippen LogP contribution in [-0.2, 0) is 0 Å². The third-order valence-corrected chi connectivity index (χ3v) is 5.96. The number of fused-ring (bicyclic) bond motifs is 1. The molecule has 1 heterocycles. The summed E-state index contributed by atoms with van der Waals surface area (Å²) >= 11 is 2.27. The van der Waals surface area contributed by atoms with Gasteiger partial charge in [-0.1, -0.05) is 43.2 Å². The van der Waals surface area contributed by atoms with Crippen molar-refractivity contribution in [3.05, 3.63) is 35.9 Å². The minimum absolute atomic E-state index is 0.778. The van der Waals surface area contributed by atoms with Gasteiger partial charge in [-0.2, -0.15) is 11.8 Å². The van der Waals surface area contributed by atoms with Gasteiger partial charge in [-0.3, -0.25) is 0 Å². The number of hydrogen-bond acceptors (Lipinski definition) is 1. The first kappa shape index (κ1) is 10.7. The predicted octanol–water partition coefficient (Wildman–Crippen LogP) is 4.81. The van der Waals surface area contributed by atoms with Gasteiger partial charge in [0.05, 0.1) is 0 Å². The van der Waals surface area contributed by atoms with E-state index in [1.165, 1.54) is 38.5 Å². The lowest BCUT2D eigenvalue weighted by Crippen LogP contribution is -2.27. The molecule has 0 spiro atoms. The molecule has 1 aromatic rings. The van der Waals surface area contributed by atoms with Gasteiger partial charge in [0.15, 0.2) is 0 Å². The highest BCUT2D eigenvalue weighted by atomic mass is 32.2. The second kappa shape index (κ2) is 4.83.